The van der Waals surface area contributed by atoms with E-state index in [1.807, 2.05) is 0 Å². The Kier molecular flexibility index (Phi) is 33.7. The summed E-state index contributed by atoms with van der Waals surface area (Å²) < 4.78 is 14.1. The van der Waals surface area contributed by atoms with Crippen LogP contribution >= 0.6 is 12.3 Å². The van der Waals surface area contributed by atoms with Gasteiger partial charge in [-0.2, -0.15) is 0 Å². The third-order valence-corrected chi connectivity index (χ3v) is 0. The van der Waals surface area contributed by atoms with Crippen LogP contribution in [-0.4, -0.2) is 15.4 Å². The van der Waals surface area contributed by atoms with Crippen LogP contribution in [0.15, 0.2) is 0 Å². The monoisotopic (exact) mass is 110 g/mol. The maximum Gasteiger partial charge on any atom is 0.152 e. The molecule has 0 fully saturated rings. The number of hydrogen-bond acceptors (Lipinski definition) is 4. The molecule has 6 heavy (non-hydrogen) atoms. The van der Waals surface area contributed by atoms with Gasteiger partial charge in [0, 0.05) is 0 Å². The fourth-order valence-electron chi connectivity index (χ4n) is 0. The lowest BCUT2D eigenvalue weighted by Gasteiger charge is -1.51. The molecule has 0 atom stereocenters. The van der Waals surface area contributed by atoms with Crippen molar-refractivity contribution < 1.29 is 9.11 Å². The van der Waals surface area contributed by atoms with Crippen LogP contribution in [0.1, 0.15) is 0 Å². The zero-order chi connectivity index (χ0) is 5.41. The van der Waals surface area contributed by atoms with Crippen LogP contribution in [0.2, 0.25) is 0 Å². The van der Waals surface area contributed by atoms with Crippen LogP contribution in [0.25, 0.3) is 0 Å². The quantitative estimate of drug-likeness (QED) is 0.204. The van der Waals surface area contributed by atoms with E-state index >= 15 is 0 Å². The second kappa shape index (κ2) is 21.9. The van der Waals surface area contributed by atoms with Crippen molar-refractivity contribution in [3.63, 3.8) is 0 Å². The third-order valence-electron chi connectivity index (χ3n) is 0. The maximum absolute atomic E-state index is 7.04. The van der Waals surface area contributed by atoms with Gasteiger partial charge in [0.25, 0.3) is 0 Å². The lowest BCUT2D eigenvalue weighted by Crippen LogP contribution is -1.81. The molecule has 0 bridgehead atoms. The van der Waals surface area contributed by atoms with Gasteiger partial charge >= 0.3 is 0 Å². The molecule has 0 aliphatic carbocycles. The molecule has 0 spiro atoms. The Morgan fingerprint density at radius 2 is 1.67 bits per heavy atom. The van der Waals surface area contributed by atoms with Crippen molar-refractivity contribution in [2.75, 3.05) is 0 Å². The van der Waals surface area contributed by atoms with Crippen LogP contribution in [0.4, 0.5) is 0 Å². The van der Waals surface area contributed by atoms with Crippen molar-refractivity contribution in [1.82, 2.24) is 0 Å². The highest BCUT2D eigenvalue weighted by atomic mass is 32.2. The van der Waals surface area contributed by atoms with Crippen molar-refractivity contribution in [3.05, 3.63) is 0 Å². The highest BCUT2D eigenvalue weighted by molar-refractivity contribution is 7.87. The smallest absolute Gasteiger partial charge is 0.152 e. The van der Waals surface area contributed by atoms with Gasteiger partial charge in [0.15, 0.2) is 12.3 Å². The molecule has 4 nitrogen and oxygen atoms in total. The Balaban J connectivity index is 0. The van der Waals surface area contributed by atoms with E-state index in [-0.39, 0.29) is 12.3 Å². The average Bonchev–Trinajstić information content (AvgIpc) is 1.39. The van der Waals surface area contributed by atoms with Gasteiger partial charge in [-0.15, -0.1) is 0 Å². The van der Waals surface area contributed by atoms with Crippen molar-refractivity contribution in [2.45, 2.75) is 0 Å². The fourth-order valence-corrected chi connectivity index (χ4v) is 0. The minimum Gasteiger partial charge on any atom is -0.390 e. The molecule has 5 heteroatoms. The lowest BCUT2D eigenvalue weighted by molar-refractivity contribution is 0.541. The van der Waals surface area contributed by atoms with Gasteiger partial charge in [-0.25, -0.2) is 0 Å². The predicted octanol–water partition coefficient (Wildman–Crippen LogP) is 0.218. The summed E-state index contributed by atoms with van der Waals surface area (Å²) in [5, 5.41) is 5.86. The molecule has 5 N–H and O–H groups in total. The predicted molar refractivity (Wildman–Crippen MR) is 25.8 cm³/mol. The van der Waals surface area contributed by atoms with Crippen molar-refractivity contribution in [1.29, 1.82) is 5.41 Å². The SMILES string of the molecule is N=CN.OSO. The molecule has 0 amide bonds. The lowest BCUT2D eigenvalue weighted by atomic mass is 11.4. The molecule has 0 aromatic rings. The number of nitrogens with two attached hydrogens (primary N) is 1. The van der Waals surface area contributed by atoms with Crippen LogP contribution < -0.4 is 5.73 Å². The Hall–Kier alpha value is -0.260. The van der Waals surface area contributed by atoms with Gasteiger partial charge in [-0.3, -0.25) is 5.41 Å². The third kappa shape index (κ3) is 415. The summed E-state index contributed by atoms with van der Waals surface area (Å²) in [5.74, 6) is 0. The van der Waals surface area contributed by atoms with Gasteiger partial charge in [-0.05, 0) is 0 Å². The van der Waals surface area contributed by atoms with Crippen molar-refractivity contribution in [3.8, 4) is 0 Å². The molecule has 0 aromatic carbocycles. The molecule has 0 heterocycles. The van der Waals surface area contributed by atoms with E-state index in [9.17, 15) is 0 Å². The van der Waals surface area contributed by atoms with E-state index in [0.717, 1.165) is 6.34 Å². The van der Waals surface area contributed by atoms with E-state index in [2.05, 4.69) is 5.73 Å². The van der Waals surface area contributed by atoms with E-state index in [1.165, 1.54) is 0 Å². The Morgan fingerprint density at radius 3 is 1.67 bits per heavy atom. The number of rotatable bonds is 0. The van der Waals surface area contributed by atoms with Gasteiger partial charge in [-0.1, -0.05) is 0 Å². The second-order valence-corrected chi connectivity index (χ2v) is 0.412. The van der Waals surface area contributed by atoms with E-state index in [1.54, 1.807) is 0 Å². The van der Waals surface area contributed by atoms with Gasteiger partial charge in [0.1, 0.15) is 0 Å². The van der Waals surface area contributed by atoms with E-state index in [4.69, 9.17) is 14.5 Å². The molecule has 38 valence electrons. The summed E-state index contributed by atoms with van der Waals surface area (Å²) in [5.41, 5.74) is 4.39. The minimum absolute atomic E-state index is 0.250. The molecule has 0 radical (unpaired) electrons. The Bertz CT molecular complexity index is 25.5. The molecular formula is CH6N2O2S. The van der Waals surface area contributed by atoms with Gasteiger partial charge in [0.2, 0.25) is 0 Å². The van der Waals surface area contributed by atoms with E-state index in [0.29, 0.717) is 0 Å². The molecule has 0 aromatic heterocycles. The maximum atomic E-state index is 7.04. The minimum atomic E-state index is -0.250. The number of nitrogens with one attached hydrogen (secondary N) is 1. The first-order chi connectivity index (χ1) is 2.83. The highest BCUT2D eigenvalue weighted by Gasteiger charge is 1.36. The van der Waals surface area contributed by atoms with Crippen molar-refractivity contribution >= 4 is 18.7 Å². The summed E-state index contributed by atoms with van der Waals surface area (Å²) in [6.07, 6.45) is 0.750. The summed E-state index contributed by atoms with van der Waals surface area (Å²) in [4.78, 5) is 0. The Morgan fingerprint density at radius 1 is 1.67 bits per heavy atom. The highest BCUT2D eigenvalue weighted by Crippen LogP contribution is 1.67. The number of hydrogen-bond donors (Lipinski definition) is 4. The van der Waals surface area contributed by atoms with Crippen LogP contribution in [0.5, 0.6) is 0 Å². The fraction of sp³-hybridized carbons (Fsp3) is 0. The average molecular weight is 110 g/mol. The first-order valence-electron chi connectivity index (χ1n) is 0.987. The summed E-state index contributed by atoms with van der Waals surface area (Å²) in [6, 6.07) is 0. The zero-order valence-corrected chi connectivity index (χ0v) is 3.77. The molecule has 0 rings (SSSR count). The van der Waals surface area contributed by atoms with Crippen molar-refractivity contribution in [2.24, 2.45) is 5.73 Å². The molecule has 0 unspecified atom stereocenters. The van der Waals surface area contributed by atoms with Crippen LogP contribution in [-0.2, 0) is 0 Å². The summed E-state index contributed by atoms with van der Waals surface area (Å²) in [7, 11) is 0. The Labute approximate surface area is 39.9 Å². The molecule has 0 aliphatic rings. The summed E-state index contributed by atoms with van der Waals surface area (Å²) >= 11 is -0.250. The largest absolute Gasteiger partial charge is 0.390 e. The zero-order valence-electron chi connectivity index (χ0n) is 2.96. The normalized spacial score (nSPS) is 5.00. The first kappa shape index (κ1) is 9.22. The molecule has 0 saturated heterocycles. The van der Waals surface area contributed by atoms with Gasteiger partial charge < -0.3 is 14.8 Å². The summed E-state index contributed by atoms with van der Waals surface area (Å²) in [6.45, 7) is 0. The second-order valence-electron chi connectivity index (χ2n) is 0.248. The topological polar surface area (TPSA) is 90.3 Å². The van der Waals surface area contributed by atoms with E-state index < -0.39 is 0 Å². The standard InChI is InChI=1S/CH4N2.H2O2S/c2-1-3;1-3-2/h1H,(H3,2,3);1-2H. The molecule has 0 aliphatic heterocycles. The van der Waals surface area contributed by atoms with Gasteiger partial charge in [0.05, 0.1) is 6.34 Å². The molecule has 0 saturated carbocycles. The first-order valence-corrected chi connectivity index (χ1v) is 1.72. The van der Waals surface area contributed by atoms with Crippen LogP contribution in [0.3, 0.4) is 0 Å². The van der Waals surface area contributed by atoms with Crippen LogP contribution in [0, 0.1) is 5.41 Å². The molecular weight excluding hydrogens is 104 g/mol.